The smallest absolute Gasteiger partial charge is 0.242 e. The predicted octanol–water partition coefficient (Wildman–Crippen LogP) is 3.72. The average molecular weight is 292 g/mol. The van der Waals surface area contributed by atoms with Gasteiger partial charge in [-0.25, -0.2) is 4.98 Å². The van der Waals surface area contributed by atoms with Gasteiger partial charge in [-0.05, 0) is 26.2 Å². The van der Waals surface area contributed by atoms with Gasteiger partial charge >= 0.3 is 0 Å². The summed E-state index contributed by atoms with van der Waals surface area (Å²) in [5.41, 5.74) is 6.67. The Labute approximate surface area is 127 Å². The van der Waals surface area contributed by atoms with Crippen LogP contribution in [0.25, 0.3) is 0 Å². The van der Waals surface area contributed by atoms with Gasteiger partial charge in [0.15, 0.2) is 5.82 Å². The van der Waals surface area contributed by atoms with E-state index in [1.165, 1.54) is 32.1 Å². The largest absolute Gasteiger partial charge is 0.476 e. The van der Waals surface area contributed by atoms with E-state index in [9.17, 15) is 0 Å². The molecule has 1 saturated carbocycles. The number of rotatable bonds is 7. The average Bonchev–Trinajstić information content (AvgIpc) is 2.52. The molecule has 5 nitrogen and oxygen atoms in total. The summed E-state index contributed by atoms with van der Waals surface area (Å²) in [5.74, 6) is 2.62. The Morgan fingerprint density at radius 3 is 2.62 bits per heavy atom. The van der Waals surface area contributed by atoms with Crippen LogP contribution in [0.4, 0.5) is 11.5 Å². The van der Waals surface area contributed by atoms with E-state index in [0.717, 1.165) is 31.0 Å². The van der Waals surface area contributed by atoms with E-state index < -0.39 is 0 Å². The molecule has 118 valence electrons. The van der Waals surface area contributed by atoms with Crippen molar-refractivity contribution in [2.45, 2.75) is 64.7 Å². The Morgan fingerprint density at radius 2 is 1.95 bits per heavy atom. The first-order valence-electron chi connectivity index (χ1n) is 8.30. The third-order valence-electron chi connectivity index (χ3n) is 4.00. The van der Waals surface area contributed by atoms with Crippen molar-refractivity contribution in [2.24, 2.45) is 0 Å². The van der Waals surface area contributed by atoms with Crippen LogP contribution in [0.5, 0.6) is 5.88 Å². The summed E-state index contributed by atoms with van der Waals surface area (Å²) in [6.45, 7) is 5.57. The topological polar surface area (TPSA) is 73.1 Å². The molecular weight excluding hydrogens is 264 g/mol. The van der Waals surface area contributed by atoms with Gasteiger partial charge in [0.05, 0.1) is 6.61 Å². The number of nitrogens with one attached hydrogen (secondary N) is 1. The van der Waals surface area contributed by atoms with Crippen LogP contribution in [0.3, 0.4) is 0 Å². The van der Waals surface area contributed by atoms with Crippen molar-refractivity contribution in [3.8, 4) is 5.88 Å². The number of ether oxygens (including phenoxy) is 1. The molecule has 0 bridgehead atoms. The Kier molecular flexibility index (Phi) is 6.08. The van der Waals surface area contributed by atoms with Crippen LogP contribution in [-0.2, 0) is 0 Å². The lowest BCUT2D eigenvalue weighted by Gasteiger charge is -2.22. The molecule has 1 heterocycles. The maximum absolute atomic E-state index is 6.14. The van der Waals surface area contributed by atoms with Gasteiger partial charge < -0.3 is 15.8 Å². The van der Waals surface area contributed by atoms with Gasteiger partial charge in [0.2, 0.25) is 5.88 Å². The van der Waals surface area contributed by atoms with Crippen molar-refractivity contribution in [3.05, 3.63) is 5.82 Å². The predicted molar refractivity (Wildman–Crippen MR) is 86.8 cm³/mol. The van der Waals surface area contributed by atoms with E-state index in [4.69, 9.17) is 10.5 Å². The van der Waals surface area contributed by atoms with Crippen LogP contribution >= 0.6 is 0 Å². The van der Waals surface area contributed by atoms with Crippen LogP contribution in [-0.4, -0.2) is 23.1 Å². The number of aromatic nitrogens is 2. The standard InChI is InChI=1S/C16H28N4O/c1-3-5-11-18-15-13(17)16(21-4-2)20-14(19-15)12-9-7-6-8-10-12/h12H,3-11,17H2,1-2H3,(H,18,19,20). The summed E-state index contributed by atoms with van der Waals surface area (Å²) in [6, 6.07) is 0. The molecule has 0 aromatic carbocycles. The van der Waals surface area contributed by atoms with Gasteiger partial charge in [-0.3, -0.25) is 0 Å². The lowest BCUT2D eigenvalue weighted by molar-refractivity contribution is 0.324. The fourth-order valence-electron chi connectivity index (χ4n) is 2.77. The van der Waals surface area contributed by atoms with E-state index in [-0.39, 0.29) is 0 Å². The van der Waals surface area contributed by atoms with Gasteiger partial charge in [0, 0.05) is 12.5 Å². The number of anilines is 2. The SMILES string of the molecule is CCCCNc1nc(C2CCCCC2)nc(OCC)c1N. The third kappa shape index (κ3) is 4.22. The Bertz CT molecular complexity index is 444. The minimum Gasteiger partial charge on any atom is -0.476 e. The van der Waals surface area contributed by atoms with Crippen molar-refractivity contribution >= 4 is 11.5 Å². The number of nitrogen functional groups attached to an aromatic ring is 1. The minimum absolute atomic E-state index is 0.449. The second-order valence-corrected chi connectivity index (χ2v) is 5.70. The first kappa shape index (κ1) is 15.9. The molecule has 0 unspecified atom stereocenters. The first-order valence-corrected chi connectivity index (χ1v) is 8.30. The molecule has 1 aromatic rings. The van der Waals surface area contributed by atoms with Crippen molar-refractivity contribution in [1.29, 1.82) is 0 Å². The lowest BCUT2D eigenvalue weighted by atomic mass is 9.88. The first-order chi connectivity index (χ1) is 10.3. The van der Waals surface area contributed by atoms with Gasteiger partial charge in [-0.1, -0.05) is 32.6 Å². The van der Waals surface area contributed by atoms with Crippen molar-refractivity contribution in [3.63, 3.8) is 0 Å². The summed E-state index contributed by atoms with van der Waals surface area (Å²) in [7, 11) is 0. The second-order valence-electron chi connectivity index (χ2n) is 5.70. The zero-order valence-electron chi connectivity index (χ0n) is 13.3. The van der Waals surface area contributed by atoms with Crippen LogP contribution in [0.1, 0.15) is 70.5 Å². The minimum atomic E-state index is 0.449. The highest BCUT2D eigenvalue weighted by Gasteiger charge is 2.21. The second kappa shape index (κ2) is 8.05. The van der Waals surface area contributed by atoms with Crippen LogP contribution < -0.4 is 15.8 Å². The van der Waals surface area contributed by atoms with E-state index in [2.05, 4.69) is 22.2 Å². The maximum Gasteiger partial charge on any atom is 0.242 e. The molecule has 0 amide bonds. The van der Waals surface area contributed by atoms with Gasteiger partial charge in [0.25, 0.3) is 0 Å². The Hall–Kier alpha value is -1.52. The molecule has 1 fully saturated rings. The Morgan fingerprint density at radius 1 is 1.19 bits per heavy atom. The van der Waals surface area contributed by atoms with E-state index in [0.29, 0.717) is 24.1 Å². The van der Waals surface area contributed by atoms with E-state index in [1.807, 2.05) is 6.92 Å². The number of hydrogen-bond acceptors (Lipinski definition) is 5. The maximum atomic E-state index is 6.14. The lowest BCUT2D eigenvalue weighted by Crippen LogP contribution is -2.15. The molecule has 3 N–H and O–H groups in total. The summed E-state index contributed by atoms with van der Waals surface area (Å²) in [5, 5.41) is 3.34. The van der Waals surface area contributed by atoms with Gasteiger partial charge in [-0.2, -0.15) is 4.98 Å². The van der Waals surface area contributed by atoms with Crippen molar-refractivity contribution < 1.29 is 4.74 Å². The van der Waals surface area contributed by atoms with Crippen LogP contribution in [0.15, 0.2) is 0 Å². The van der Waals surface area contributed by atoms with Crippen LogP contribution in [0, 0.1) is 0 Å². The molecule has 21 heavy (non-hydrogen) atoms. The number of unbranched alkanes of at least 4 members (excludes halogenated alkanes) is 1. The van der Waals surface area contributed by atoms with Crippen molar-refractivity contribution in [1.82, 2.24) is 9.97 Å². The highest BCUT2D eigenvalue weighted by atomic mass is 16.5. The summed E-state index contributed by atoms with van der Waals surface area (Å²) >= 11 is 0. The number of hydrogen-bond donors (Lipinski definition) is 2. The summed E-state index contributed by atoms with van der Waals surface area (Å²) in [4.78, 5) is 9.26. The number of nitrogens with zero attached hydrogens (tertiary/aromatic N) is 2. The quantitative estimate of drug-likeness (QED) is 0.749. The fourth-order valence-corrected chi connectivity index (χ4v) is 2.77. The normalized spacial score (nSPS) is 15.9. The summed E-state index contributed by atoms with van der Waals surface area (Å²) in [6.07, 6.45) is 8.44. The van der Waals surface area contributed by atoms with Crippen LogP contribution in [0.2, 0.25) is 0 Å². The molecule has 1 aliphatic rings. The fraction of sp³-hybridized carbons (Fsp3) is 0.750. The molecule has 1 aromatic heterocycles. The number of nitrogens with two attached hydrogens (primary N) is 1. The van der Waals surface area contributed by atoms with E-state index >= 15 is 0 Å². The molecule has 0 aliphatic heterocycles. The molecule has 0 radical (unpaired) electrons. The molecule has 2 rings (SSSR count). The van der Waals surface area contributed by atoms with E-state index in [1.54, 1.807) is 0 Å². The Balaban J connectivity index is 2.22. The highest BCUT2D eigenvalue weighted by Crippen LogP contribution is 2.34. The molecule has 0 atom stereocenters. The van der Waals surface area contributed by atoms with Gasteiger partial charge in [0.1, 0.15) is 11.5 Å². The zero-order chi connectivity index (χ0) is 15.1. The highest BCUT2D eigenvalue weighted by molar-refractivity contribution is 5.67. The molecule has 0 saturated heterocycles. The molecule has 0 spiro atoms. The summed E-state index contributed by atoms with van der Waals surface area (Å²) < 4.78 is 5.60. The molecule has 1 aliphatic carbocycles. The molecular formula is C16H28N4O. The monoisotopic (exact) mass is 292 g/mol. The van der Waals surface area contributed by atoms with Crippen molar-refractivity contribution in [2.75, 3.05) is 24.2 Å². The molecule has 5 heteroatoms. The third-order valence-corrected chi connectivity index (χ3v) is 4.00. The van der Waals surface area contributed by atoms with Gasteiger partial charge in [-0.15, -0.1) is 0 Å². The zero-order valence-corrected chi connectivity index (χ0v) is 13.3.